The zero-order valence-corrected chi connectivity index (χ0v) is 17.6. The first-order valence-corrected chi connectivity index (χ1v) is 10.5. The third-order valence-electron chi connectivity index (χ3n) is 5.11. The van der Waals surface area contributed by atoms with Crippen LogP contribution in [-0.4, -0.2) is 77.0 Å². The Morgan fingerprint density at radius 1 is 0.968 bits per heavy atom. The fourth-order valence-electron chi connectivity index (χ4n) is 3.52. The average Bonchev–Trinajstić information content (AvgIpc) is 3.32. The maximum absolute atomic E-state index is 13.1. The number of rotatable bonds is 8. The van der Waals surface area contributed by atoms with Crippen LogP contribution in [0.25, 0.3) is 5.69 Å². The Hall–Kier alpha value is -3.46. The van der Waals surface area contributed by atoms with Crippen LogP contribution < -0.4 is 9.64 Å². The molecule has 31 heavy (non-hydrogen) atoms. The maximum atomic E-state index is 13.1. The van der Waals surface area contributed by atoms with Crippen molar-refractivity contribution < 1.29 is 14.3 Å². The molecule has 0 unspecified atom stereocenters. The lowest BCUT2D eigenvalue weighted by Crippen LogP contribution is -2.49. The fraction of sp³-hybridized carbons (Fsp3) is 0.364. The van der Waals surface area contributed by atoms with Gasteiger partial charge in [-0.2, -0.15) is 4.68 Å². The van der Waals surface area contributed by atoms with Gasteiger partial charge in [-0.3, -0.25) is 4.79 Å². The van der Waals surface area contributed by atoms with E-state index in [9.17, 15) is 4.79 Å². The summed E-state index contributed by atoms with van der Waals surface area (Å²) in [6.07, 6.45) is 0. The van der Waals surface area contributed by atoms with Crippen LogP contribution in [0.15, 0.2) is 54.6 Å². The molecule has 4 rings (SSSR count). The van der Waals surface area contributed by atoms with Gasteiger partial charge in [0, 0.05) is 32.8 Å². The number of anilines is 1. The van der Waals surface area contributed by atoms with E-state index in [0.29, 0.717) is 63.3 Å². The number of ether oxygens (including phenoxy) is 2. The van der Waals surface area contributed by atoms with Crippen molar-refractivity contribution in [1.82, 2.24) is 25.1 Å². The van der Waals surface area contributed by atoms with Crippen molar-refractivity contribution in [2.45, 2.75) is 6.92 Å². The number of carbonyl (C=O) groups is 1. The number of amides is 1. The Kier molecular flexibility index (Phi) is 6.73. The third kappa shape index (κ3) is 4.83. The molecule has 0 bridgehead atoms. The first-order valence-electron chi connectivity index (χ1n) is 10.5. The maximum Gasteiger partial charge on any atom is 0.257 e. The second-order valence-electron chi connectivity index (χ2n) is 7.05. The number of hydrogen-bond donors (Lipinski definition) is 0. The number of nitrogens with zero attached hydrogens (tertiary/aromatic N) is 6. The molecule has 1 aromatic heterocycles. The molecule has 0 spiro atoms. The summed E-state index contributed by atoms with van der Waals surface area (Å²) in [6.45, 7) is 5.93. The van der Waals surface area contributed by atoms with Crippen LogP contribution in [-0.2, 0) is 4.74 Å². The van der Waals surface area contributed by atoms with Gasteiger partial charge in [0.2, 0.25) is 5.95 Å². The lowest BCUT2D eigenvalue weighted by molar-refractivity contribution is 0.0736. The van der Waals surface area contributed by atoms with Gasteiger partial charge in [-0.1, -0.05) is 35.4 Å². The molecule has 162 valence electrons. The van der Waals surface area contributed by atoms with Crippen molar-refractivity contribution in [2.24, 2.45) is 0 Å². The quantitative estimate of drug-likeness (QED) is 0.514. The zero-order valence-electron chi connectivity index (χ0n) is 17.6. The van der Waals surface area contributed by atoms with E-state index in [1.807, 2.05) is 60.4 Å². The summed E-state index contributed by atoms with van der Waals surface area (Å²) in [7, 11) is 0. The van der Waals surface area contributed by atoms with E-state index in [0.717, 1.165) is 5.69 Å². The summed E-state index contributed by atoms with van der Waals surface area (Å²) < 4.78 is 12.8. The lowest BCUT2D eigenvalue weighted by atomic mass is 10.1. The zero-order chi connectivity index (χ0) is 21.5. The first-order chi connectivity index (χ1) is 15.3. The van der Waals surface area contributed by atoms with Crippen molar-refractivity contribution in [3.8, 4) is 11.4 Å². The van der Waals surface area contributed by atoms with Gasteiger partial charge in [-0.25, -0.2) is 0 Å². The molecule has 0 atom stereocenters. The van der Waals surface area contributed by atoms with Gasteiger partial charge in [0.1, 0.15) is 12.4 Å². The molecular weight excluding hydrogens is 396 g/mol. The highest BCUT2D eigenvalue weighted by Gasteiger charge is 2.27. The number of aromatic nitrogens is 4. The van der Waals surface area contributed by atoms with Crippen LogP contribution in [0.3, 0.4) is 0 Å². The van der Waals surface area contributed by atoms with Crippen molar-refractivity contribution in [2.75, 3.05) is 50.9 Å². The summed E-state index contributed by atoms with van der Waals surface area (Å²) in [5, 5.41) is 12.2. The Morgan fingerprint density at radius 2 is 1.71 bits per heavy atom. The highest BCUT2D eigenvalue weighted by Crippen LogP contribution is 2.22. The molecule has 9 heteroatoms. The van der Waals surface area contributed by atoms with Gasteiger partial charge in [-0.05, 0) is 41.6 Å². The van der Waals surface area contributed by atoms with Crippen molar-refractivity contribution in [1.29, 1.82) is 0 Å². The van der Waals surface area contributed by atoms with Crippen LogP contribution in [0.4, 0.5) is 5.95 Å². The molecule has 2 heterocycles. The van der Waals surface area contributed by atoms with Gasteiger partial charge in [0.05, 0.1) is 17.9 Å². The molecule has 9 nitrogen and oxygen atoms in total. The monoisotopic (exact) mass is 422 g/mol. The molecular formula is C22H26N6O3. The van der Waals surface area contributed by atoms with Gasteiger partial charge < -0.3 is 19.3 Å². The minimum absolute atomic E-state index is 0.0330. The third-order valence-corrected chi connectivity index (χ3v) is 5.11. The van der Waals surface area contributed by atoms with E-state index in [-0.39, 0.29) is 5.91 Å². The summed E-state index contributed by atoms with van der Waals surface area (Å²) in [5.41, 5.74) is 1.47. The minimum Gasteiger partial charge on any atom is -0.490 e. The molecule has 0 saturated carbocycles. The Labute approximate surface area is 181 Å². The molecule has 2 aromatic carbocycles. The van der Waals surface area contributed by atoms with E-state index in [4.69, 9.17) is 9.47 Å². The molecule has 0 N–H and O–H groups in total. The van der Waals surface area contributed by atoms with Crippen LogP contribution >= 0.6 is 0 Å². The summed E-state index contributed by atoms with van der Waals surface area (Å²) in [5.74, 6) is 1.23. The standard InChI is InChI=1S/C22H26N6O3/c1-2-30-16-17-31-20-11-7-6-10-19(20)21(29)26-12-14-27(15-13-26)22-23-24-25-28(22)18-8-4-3-5-9-18/h3-11H,2,12-17H2,1H3. The van der Waals surface area contributed by atoms with Crippen molar-refractivity contribution in [3.05, 3.63) is 60.2 Å². The summed E-state index contributed by atoms with van der Waals surface area (Å²) >= 11 is 0. The number of para-hydroxylation sites is 2. The van der Waals surface area contributed by atoms with E-state index in [1.165, 1.54) is 0 Å². The van der Waals surface area contributed by atoms with Crippen molar-refractivity contribution in [3.63, 3.8) is 0 Å². The Morgan fingerprint density at radius 3 is 2.48 bits per heavy atom. The molecule has 1 amide bonds. The van der Waals surface area contributed by atoms with Crippen LogP contribution in [0.5, 0.6) is 5.75 Å². The molecule has 3 aromatic rings. The molecule has 1 aliphatic heterocycles. The highest BCUT2D eigenvalue weighted by atomic mass is 16.5. The predicted molar refractivity (Wildman–Crippen MR) is 116 cm³/mol. The molecule has 0 aliphatic carbocycles. The van der Waals surface area contributed by atoms with Crippen LogP contribution in [0.1, 0.15) is 17.3 Å². The minimum atomic E-state index is -0.0330. The van der Waals surface area contributed by atoms with E-state index >= 15 is 0 Å². The van der Waals surface area contributed by atoms with E-state index in [1.54, 1.807) is 10.7 Å². The van der Waals surface area contributed by atoms with Crippen LogP contribution in [0, 0.1) is 0 Å². The topological polar surface area (TPSA) is 85.6 Å². The Balaban J connectivity index is 1.40. The van der Waals surface area contributed by atoms with Crippen LogP contribution in [0.2, 0.25) is 0 Å². The second kappa shape index (κ2) is 10.0. The van der Waals surface area contributed by atoms with E-state index in [2.05, 4.69) is 20.4 Å². The first kappa shape index (κ1) is 20.8. The van der Waals surface area contributed by atoms with E-state index < -0.39 is 0 Å². The largest absolute Gasteiger partial charge is 0.490 e. The average molecular weight is 422 g/mol. The number of benzene rings is 2. The predicted octanol–water partition coefficient (Wildman–Crippen LogP) is 2.04. The Bertz CT molecular complexity index is 986. The van der Waals surface area contributed by atoms with Gasteiger partial charge in [-0.15, -0.1) is 0 Å². The molecule has 1 fully saturated rings. The second-order valence-corrected chi connectivity index (χ2v) is 7.05. The number of piperazine rings is 1. The summed E-state index contributed by atoms with van der Waals surface area (Å²) in [6, 6.07) is 17.1. The SMILES string of the molecule is CCOCCOc1ccccc1C(=O)N1CCN(c2nnnn2-c2ccccc2)CC1. The molecule has 1 saturated heterocycles. The normalized spacial score (nSPS) is 14.0. The fourth-order valence-corrected chi connectivity index (χ4v) is 3.52. The molecule has 1 aliphatic rings. The number of tetrazole rings is 1. The highest BCUT2D eigenvalue weighted by molar-refractivity contribution is 5.97. The molecule has 0 radical (unpaired) electrons. The summed E-state index contributed by atoms with van der Waals surface area (Å²) in [4.78, 5) is 17.1. The smallest absolute Gasteiger partial charge is 0.257 e. The van der Waals surface area contributed by atoms with Gasteiger partial charge >= 0.3 is 0 Å². The van der Waals surface area contributed by atoms with Gasteiger partial charge in [0.25, 0.3) is 5.91 Å². The van der Waals surface area contributed by atoms with Gasteiger partial charge in [0.15, 0.2) is 0 Å². The lowest BCUT2D eigenvalue weighted by Gasteiger charge is -2.35. The number of hydrogen-bond acceptors (Lipinski definition) is 7. The number of carbonyl (C=O) groups excluding carboxylic acids is 1. The van der Waals surface area contributed by atoms with Crippen molar-refractivity contribution >= 4 is 11.9 Å².